The highest BCUT2D eigenvalue weighted by atomic mass is 32.2. The molecule has 1 aliphatic heterocycles. The van der Waals surface area contributed by atoms with Crippen molar-refractivity contribution in [3.8, 4) is 0 Å². The van der Waals surface area contributed by atoms with Gasteiger partial charge in [0.15, 0.2) is 9.84 Å². The van der Waals surface area contributed by atoms with E-state index in [0.717, 1.165) is 18.6 Å². The van der Waals surface area contributed by atoms with Gasteiger partial charge in [0.05, 0.1) is 22.9 Å². The molecule has 0 N–H and O–H groups in total. The van der Waals surface area contributed by atoms with Crippen molar-refractivity contribution in [1.29, 1.82) is 0 Å². The minimum absolute atomic E-state index is 0.139. The topological polar surface area (TPSA) is 43.4 Å². The lowest BCUT2D eigenvalue weighted by molar-refractivity contribution is -0.140. The predicted molar refractivity (Wildman–Crippen MR) is 62.1 cm³/mol. The van der Waals surface area contributed by atoms with E-state index < -0.39 is 9.84 Å². The van der Waals surface area contributed by atoms with E-state index in [0.29, 0.717) is 4.90 Å². The molecule has 4 heteroatoms. The normalized spacial score (nSPS) is 25.1. The Labute approximate surface area is 96.4 Å². The van der Waals surface area contributed by atoms with E-state index in [-0.39, 0.29) is 11.4 Å². The summed E-state index contributed by atoms with van der Waals surface area (Å²) >= 11 is 0. The Kier molecular flexibility index (Phi) is 2.80. The largest absolute Gasteiger partial charge is 0.370 e. The van der Waals surface area contributed by atoms with E-state index in [9.17, 15) is 8.42 Å². The van der Waals surface area contributed by atoms with E-state index in [2.05, 4.69) is 0 Å². The number of benzene rings is 1. The van der Waals surface area contributed by atoms with Crippen LogP contribution in [0.5, 0.6) is 0 Å². The van der Waals surface area contributed by atoms with Crippen LogP contribution in [-0.2, 0) is 20.2 Å². The Bertz CT molecular complexity index is 469. The molecule has 1 fully saturated rings. The lowest BCUT2D eigenvalue weighted by atomic mass is 9.89. The van der Waals surface area contributed by atoms with Crippen molar-refractivity contribution >= 4 is 9.84 Å². The van der Waals surface area contributed by atoms with E-state index in [4.69, 9.17) is 4.74 Å². The second-order valence-corrected chi connectivity index (χ2v) is 6.54. The van der Waals surface area contributed by atoms with Gasteiger partial charge >= 0.3 is 0 Å². The molecular formula is C12H16O3S. The van der Waals surface area contributed by atoms with Gasteiger partial charge in [-0.15, -0.1) is 0 Å². The molecule has 0 amide bonds. The first-order chi connectivity index (χ1) is 7.48. The molecule has 1 aromatic rings. The van der Waals surface area contributed by atoms with Gasteiger partial charge in [0, 0.05) is 6.42 Å². The molecule has 0 bridgehead atoms. The zero-order valence-corrected chi connectivity index (χ0v) is 10.4. The van der Waals surface area contributed by atoms with Crippen LogP contribution in [0.2, 0.25) is 0 Å². The highest BCUT2D eigenvalue weighted by Gasteiger charge is 2.34. The summed E-state index contributed by atoms with van der Waals surface area (Å²) in [6.45, 7) is 4.46. The molecule has 0 aromatic heterocycles. The van der Waals surface area contributed by atoms with Crippen molar-refractivity contribution in [3.63, 3.8) is 0 Å². The van der Waals surface area contributed by atoms with Gasteiger partial charge in [-0.05, 0) is 24.6 Å². The number of rotatable bonds is 3. The summed E-state index contributed by atoms with van der Waals surface area (Å²) in [5.74, 6) is 0.139. The lowest BCUT2D eigenvalue weighted by Crippen LogP contribution is -2.37. The summed E-state index contributed by atoms with van der Waals surface area (Å²) in [5, 5.41) is 0. The maximum Gasteiger partial charge on any atom is 0.178 e. The number of hydrogen-bond acceptors (Lipinski definition) is 3. The van der Waals surface area contributed by atoms with E-state index >= 15 is 0 Å². The smallest absolute Gasteiger partial charge is 0.178 e. The molecule has 88 valence electrons. The van der Waals surface area contributed by atoms with Crippen LogP contribution in [0.3, 0.4) is 0 Å². The highest BCUT2D eigenvalue weighted by Crippen LogP contribution is 2.36. The summed E-state index contributed by atoms with van der Waals surface area (Å²) in [7, 11) is -3.09. The van der Waals surface area contributed by atoms with Crippen LogP contribution in [0, 0.1) is 0 Å². The molecule has 0 saturated carbocycles. The number of sulfone groups is 1. The quantitative estimate of drug-likeness (QED) is 0.812. The standard InChI is InChI=1S/C12H16O3S/c1-3-16(13,14)11-6-4-10(5-7-11)12(2)8-9-15-12/h4-7H,3,8-9H2,1-2H3. The molecule has 1 aromatic carbocycles. The molecular weight excluding hydrogens is 224 g/mol. The van der Waals surface area contributed by atoms with E-state index in [1.807, 2.05) is 19.1 Å². The SMILES string of the molecule is CCS(=O)(=O)c1ccc(C2(C)CCO2)cc1. The Morgan fingerprint density at radius 1 is 1.31 bits per heavy atom. The van der Waals surface area contributed by atoms with Crippen LogP contribution in [0.15, 0.2) is 29.2 Å². The first kappa shape index (κ1) is 11.6. The maximum absolute atomic E-state index is 11.6. The summed E-state index contributed by atoms with van der Waals surface area (Å²) in [5.41, 5.74) is 0.836. The molecule has 0 radical (unpaired) electrons. The van der Waals surface area contributed by atoms with Crippen molar-refractivity contribution in [2.45, 2.75) is 30.8 Å². The molecule has 1 atom stereocenters. The van der Waals surface area contributed by atoms with Gasteiger partial charge in [0.25, 0.3) is 0 Å². The Hall–Kier alpha value is -0.870. The average molecular weight is 240 g/mol. The number of ether oxygens (including phenoxy) is 1. The first-order valence-corrected chi connectivity index (χ1v) is 7.10. The molecule has 1 unspecified atom stereocenters. The zero-order chi connectivity index (χ0) is 11.8. The minimum atomic E-state index is -3.09. The Morgan fingerprint density at radius 2 is 1.88 bits per heavy atom. The van der Waals surface area contributed by atoms with Gasteiger partial charge in [-0.1, -0.05) is 19.1 Å². The molecule has 16 heavy (non-hydrogen) atoms. The third-order valence-corrected chi connectivity index (χ3v) is 4.95. The summed E-state index contributed by atoms with van der Waals surface area (Å²) < 4.78 is 28.7. The van der Waals surface area contributed by atoms with Crippen LogP contribution in [0.1, 0.15) is 25.8 Å². The van der Waals surface area contributed by atoms with Crippen LogP contribution >= 0.6 is 0 Å². The van der Waals surface area contributed by atoms with Crippen LogP contribution < -0.4 is 0 Å². The van der Waals surface area contributed by atoms with Gasteiger partial charge in [0.2, 0.25) is 0 Å². The summed E-state index contributed by atoms with van der Waals surface area (Å²) in [6, 6.07) is 7.03. The van der Waals surface area contributed by atoms with Crippen molar-refractivity contribution < 1.29 is 13.2 Å². The molecule has 0 aliphatic carbocycles. The molecule has 1 saturated heterocycles. The third kappa shape index (κ3) is 1.87. The van der Waals surface area contributed by atoms with Gasteiger partial charge in [-0.3, -0.25) is 0 Å². The van der Waals surface area contributed by atoms with E-state index in [1.165, 1.54) is 0 Å². The van der Waals surface area contributed by atoms with Crippen molar-refractivity contribution in [2.75, 3.05) is 12.4 Å². The second-order valence-electron chi connectivity index (χ2n) is 4.26. The zero-order valence-electron chi connectivity index (χ0n) is 9.56. The highest BCUT2D eigenvalue weighted by molar-refractivity contribution is 7.91. The fourth-order valence-corrected chi connectivity index (χ4v) is 2.70. The van der Waals surface area contributed by atoms with Crippen LogP contribution in [0.25, 0.3) is 0 Å². The Balaban J connectivity index is 2.30. The van der Waals surface area contributed by atoms with E-state index in [1.54, 1.807) is 19.1 Å². The predicted octanol–water partition coefficient (Wildman–Crippen LogP) is 2.12. The maximum atomic E-state index is 11.6. The third-order valence-electron chi connectivity index (χ3n) is 3.20. The molecule has 2 rings (SSSR count). The van der Waals surface area contributed by atoms with Gasteiger partial charge in [-0.2, -0.15) is 0 Å². The monoisotopic (exact) mass is 240 g/mol. The van der Waals surface area contributed by atoms with Crippen molar-refractivity contribution in [2.24, 2.45) is 0 Å². The van der Waals surface area contributed by atoms with Crippen LogP contribution in [0.4, 0.5) is 0 Å². The number of hydrogen-bond donors (Lipinski definition) is 0. The second kappa shape index (κ2) is 3.86. The van der Waals surface area contributed by atoms with Gasteiger partial charge in [0.1, 0.15) is 0 Å². The van der Waals surface area contributed by atoms with Gasteiger partial charge in [-0.25, -0.2) is 8.42 Å². The molecule has 0 spiro atoms. The van der Waals surface area contributed by atoms with Crippen LogP contribution in [-0.4, -0.2) is 20.8 Å². The molecule has 1 aliphatic rings. The minimum Gasteiger partial charge on any atom is -0.370 e. The summed E-state index contributed by atoms with van der Waals surface area (Å²) in [6.07, 6.45) is 0.993. The molecule has 3 nitrogen and oxygen atoms in total. The van der Waals surface area contributed by atoms with Crippen molar-refractivity contribution in [3.05, 3.63) is 29.8 Å². The fraction of sp³-hybridized carbons (Fsp3) is 0.500. The van der Waals surface area contributed by atoms with Gasteiger partial charge < -0.3 is 4.74 Å². The van der Waals surface area contributed by atoms with Crippen molar-refractivity contribution in [1.82, 2.24) is 0 Å². The Morgan fingerprint density at radius 3 is 2.25 bits per heavy atom. The average Bonchev–Trinajstić information content (AvgIpc) is 2.26. The molecule has 1 heterocycles. The first-order valence-electron chi connectivity index (χ1n) is 5.45. The lowest BCUT2D eigenvalue weighted by Gasteiger charge is -2.39. The fourth-order valence-electron chi connectivity index (χ4n) is 1.82. The summed E-state index contributed by atoms with van der Waals surface area (Å²) in [4.78, 5) is 0.390.